The molecule has 3 aromatic heterocycles. The number of nitrogens with one attached hydrogen (secondary N) is 1. The van der Waals surface area contributed by atoms with Gasteiger partial charge in [0.2, 0.25) is 0 Å². The van der Waals surface area contributed by atoms with E-state index in [-0.39, 0.29) is 0 Å². The third-order valence-corrected chi connectivity index (χ3v) is 4.66. The summed E-state index contributed by atoms with van der Waals surface area (Å²) < 4.78 is 1.84. The van der Waals surface area contributed by atoms with Gasteiger partial charge >= 0.3 is 0 Å². The molecule has 0 aliphatic heterocycles. The van der Waals surface area contributed by atoms with Crippen molar-refractivity contribution < 1.29 is 0 Å². The van der Waals surface area contributed by atoms with E-state index in [1.165, 1.54) is 4.88 Å². The Morgan fingerprint density at radius 1 is 1.32 bits per heavy atom. The Morgan fingerprint density at radius 3 is 2.84 bits per heavy atom. The van der Waals surface area contributed by atoms with Gasteiger partial charge in [-0.25, -0.2) is 14.7 Å². The number of thiophene rings is 1. The molecule has 0 atom stereocenters. The molecular formula is C18H22N6S. The van der Waals surface area contributed by atoms with Gasteiger partial charge < -0.3 is 11.1 Å². The largest absolute Gasteiger partial charge is 0.370 e. The molecule has 0 amide bonds. The average Bonchev–Trinajstić information content (AvgIpc) is 3.23. The van der Waals surface area contributed by atoms with E-state index in [1.807, 2.05) is 42.9 Å². The van der Waals surface area contributed by atoms with Gasteiger partial charge in [-0.1, -0.05) is 12.1 Å². The fourth-order valence-corrected chi connectivity index (χ4v) is 3.21. The molecule has 0 fully saturated rings. The van der Waals surface area contributed by atoms with Crippen molar-refractivity contribution in [2.45, 2.75) is 26.8 Å². The lowest BCUT2D eigenvalue weighted by atomic mass is 10.3. The fourth-order valence-electron chi connectivity index (χ4n) is 2.50. The number of nitrogens with zero attached hydrogens (tertiary/aromatic N) is 4. The zero-order valence-electron chi connectivity index (χ0n) is 14.4. The molecule has 6 nitrogen and oxygen atoms in total. The second-order valence-electron chi connectivity index (χ2n) is 5.82. The number of hydrogen-bond acceptors (Lipinski definition) is 4. The van der Waals surface area contributed by atoms with Crippen molar-refractivity contribution in [2.24, 2.45) is 10.7 Å². The normalized spacial score (nSPS) is 11.7. The van der Waals surface area contributed by atoms with E-state index in [0.29, 0.717) is 12.5 Å². The van der Waals surface area contributed by atoms with Crippen LogP contribution in [0.4, 0.5) is 0 Å². The third kappa shape index (κ3) is 4.67. The Hall–Kier alpha value is -2.67. The van der Waals surface area contributed by atoms with E-state index in [4.69, 9.17) is 5.73 Å². The molecule has 0 radical (unpaired) electrons. The first-order chi connectivity index (χ1) is 12.1. The van der Waals surface area contributed by atoms with E-state index in [0.717, 1.165) is 35.7 Å². The van der Waals surface area contributed by atoms with Crippen LogP contribution in [0.3, 0.4) is 0 Å². The van der Waals surface area contributed by atoms with Crippen molar-refractivity contribution in [1.29, 1.82) is 0 Å². The predicted octanol–water partition coefficient (Wildman–Crippen LogP) is 2.59. The maximum atomic E-state index is 5.91. The molecule has 0 bridgehead atoms. The molecule has 0 unspecified atom stereocenters. The number of guanidine groups is 1. The van der Waals surface area contributed by atoms with Gasteiger partial charge in [-0.15, -0.1) is 11.3 Å². The van der Waals surface area contributed by atoms with Crippen molar-refractivity contribution in [3.8, 4) is 5.82 Å². The van der Waals surface area contributed by atoms with E-state index >= 15 is 0 Å². The minimum Gasteiger partial charge on any atom is -0.370 e. The lowest BCUT2D eigenvalue weighted by molar-refractivity contribution is 0.802. The zero-order chi connectivity index (χ0) is 17.6. The van der Waals surface area contributed by atoms with Gasteiger partial charge in [0.25, 0.3) is 0 Å². The van der Waals surface area contributed by atoms with Crippen LogP contribution in [0, 0.1) is 13.8 Å². The standard InChI is InChI=1S/C18H22N6S/c1-13-10-14(2)24(23-13)17-6-5-15(11-21-17)12-22-18(19)20-8-7-16-4-3-9-25-16/h3-6,9-11H,7-8,12H2,1-2H3,(H3,19,20,22). The molecule has 0 saturated heterocycles. The van der Waals surface area contributed by atoms with Crippen LogP contribution in [0.25, 0.3) is 5.82 Å². The summed E-state index contributed by atoms with van der Waals surface area (Å²) in [5, 5.41) is 9.65. The highest BCUT2D eigenvalue weighted by atomic mass is 32.1. The number of rotatable bonds is 6. The molecule has 7 heteroatoms. The summed E-state index contributed by atoms with van der Waals surface area (Å²) in [6.45, 7) is 5.27. The van der Waals surface area contributed by atoms with Crippen LogP contribution in [-0.4, -0.2) is 27.3 Å². The number of pyridine rings is 1. The van der Waals surface area contributed by atoms with Crippen LogP contribution < -0.4 is 11.1 Å². The molecule has 3 heterocycles. The lowest BCUT2D eigenvalue weighted by Gasteiger charge is -2.06. The van der Waals surface area contributed by atoms with Gasteiger partial charge in [-0.05, 0) is 49.4 Å². The van der Waals surface area contributed by atoms with Crippen LogP contribution in [0.5, 0.6) is 0 Å². The molecule has 25 heavy (non-hydrogen) atoms. The van der Waals surface area contributed by atoms with E-state index in [1.54, 1.807) is 11.3 Å². The maximum absolute atomic E-state index is 5.91. The molecule has 0 aliphatic rings. The Morgan fingerprint density at radius 2 is 2.20 bits per heavy atom. The molecule has 3 rings (SSSR count). The predicted molar refractivity (Wildman–Crippen MR) is 102 cm³/mol. The number of aliphatic imine (C=N–C) groups is 1. The van der Waals surface area contributed by atoms with E-state index in [2.05, 4.69) is 37.9 Å². The second-order valence-corrected chi connectivity index (χ2v) is 6.85. The molecule has 130 valence electrons. The second kappa shape index (κ2) is 7.94. The number of aryl methyl sites for hydroxylation is 2. The van der Waals surface area contributed by atoms with Crippen molar-refractivity contribution >= 4 is 17.3 Å². The Kier molecular flexibility index (Phi) is 5.45. The Labute approximate surface area is 151 Å². The molecular weight excluding hydrogens is 332 g/mol. The first-order valence-electron chi connectivity index (χ1n) is 8.16. The number of nitrogens with two attached hydrogens (primary N) is 1. The van der Waals surface area contributed by atoms with Crippen molar-refractivity contribution in [1.82, 2.24) is 20.1 Å². The van der Waals surface area contributed by atoms with Crippen LogP contribution in [0.15, 0.2) is 46.9 Å². The van der Waals surface area contributed by atoms with E-state index < -0.39 is 0 Å². The van der Waals surface area contributed by atoms with Crippen LogP contribution in [0.2, 0.25) is 0 Å². The van der Waals surface area contributed by atoms with Crippen LogP contribution >= 0.6 is 11.3 Å². The summed E-state index contributed by atoms with van der Waals surface area (Å²) in [5.74, 6) is 1.26. The van der Waals surface area contributed by atoms with Crippen molar-refractivity contribution in [2.75, 3.05) is 6.54 Å². The number of hydrogen-bond donors (Lipinski definition) is 2. The van der Waals surface area contributed by atoms with Gasteiger partial charge in [0.15, 0.2) is 11.8 Å². The van der Waals surface area contributed by atoms with Crippen molar-refractivity contribution in [3.63, 3.8) is 0 Å². The van der Waals surface area contributed by atoms with Gasteiger partial charge in [-0.3, -0.25) is 0 Å². The highest BCUT2D eigenvalue weighted by Crippen LogP contribution is 2.11. The van der Waals surface area contributed by atoms with Gasteiger partial charge in [0, 0.05) is 23.3 Å². The van der Waals surface area contributed by atoms with Crippen LogP contribution in [-0.2, 0) is 13.0 Å². The van der Waals surface area contributed by atoms with Gasteiger partial charge in [0.1, 0.15) is 0 Å². The fraction of sp³-hybridized carbons (Fsp3) is 0.278. The Balaban J connectivity index is 1.53. The third-order valence-electron chi connectivity index (χ3n) is 3.73. The SMILES string of the molecule is Cc1cc(C)n(-c2ccc(CN=C(N)NCCc3cccs3)cn2)n1. The highest BCUT2D eigenvalue weighted by Gasteiger charge is 2.04. The quantitative estimate of drug-likeness (QED) is 0.527. The number of aromatic nitrogens is 3. The monoisotopic (exact) mass is 354 g/mol. The minimum absolute atomic E-state index is 0.458. The van der Waals surface area contributed by atoms with Gasteiger partial charge in [0.05, 0.1) is 12.2 Å². The minimum atomic E-state index is 0.458. The molecule has 0 aliphatic carbocycles. The summed E-state index contributed by atoms with van der Waals surface area (Å²) in [5.41, 5.74) is 8.97. The maximum Gasteiger partial charge on any atom is 0.188 e. The molecule has 3 aromatic rings. The summed E-state index contributed by atoms with van der Waals surface area (Å²) in [4.78, 5) is 10.2. The summed E-state index contributed by atoms with van der Waals surface area (Å²) in [6, 6.07) is 10.2. The molecule has 0 saturated carbocycles. The summed E-state index contributed by atoms with van der Waals surface area (Å²) in [6.07, 6.45) is 2.76. The molecule has 0 spiro atoms. The zero-order valence-corrected chi connectivity index (χ0v) is 15.3. The first kappa shape index (κ1) is 17.2. The van der Waals surface area contributed by atoms with Gasteiger partial charge in [-0.2, -0.15) is 5.10 Å². The summed E-state index contributed by atoms with van der Waals surface area (Å²) in [7, 11) is 0. The smallest absolute Gasteiger partial charge is 0.188 e. The lowest BCUT2D eigenvalue weighted by Crippen LogP contribution is -2.33. The van der Waals surface area contributed by atoms with E-state index in [9.17, 15) is 0 Å². The Bertz CT molecular complexity index is 833. The summed E-state index contributed by atoms with van der Waals surface area (Å²) >= 11 is 1.75. The van der Waals surface area contributed by atoms with Crippen molar-refractivity contribution in [3.05, 3.63) is 63.7 Å². The average molecular weight is 354 g/mol. The molecule has 3 N–H and O–H groups in total. The highest BCUT2D eigenvalue weighted by molar-refractivity contribution is 7.09. The first-order valence-corrected chi connectivity index (χ1v) is 9.04. The molecule has 0 aromatic carbocycles. The topological polar surface area (TPSA) is 81.1 Å². The van der Waals surface area contributed by atoms with Crippen LogP contribution in [0.1, 0.15) is 21.8 Å².